The third kappa shape index (κ3) is 3.49. The maximum absolute atomic E-state index is 13.9. The van der Waals surface area contributed by atoms with Gasteiger partial charge in [0.1, 0.15) is 11.6 Å². The van der Waals surface area contributed by atoms with E-state index in [2.05, 4.69) is 25.5 Å². The molecule has 144 valence electrons. The van der Waals surface area contributed by atoms with Gasteiger partial charge in [0.2, 0.25) is 0 Å². The first kappa shape index (κ1) is 17.9. The predicted molar refractivity (Wildman–Crippen MR) is 96.0 cm³/mol. The maximum Gasteiger partial charge on any atom is 0.326 e. The number of aromatic nitrogens is 4. The number of furan rings is 1. The van der Waals surface area contributed by atoms with E-state index >= 15 is 0 Å². The van der Waals surface area contributed by atoms with Crippen molar-refractivity contribution >= 4 is 16.9 Å². The number of H-pyrrole nitrogens is 1. The van der Waals surface area contributed by atoms with Crippen LogP contribution in [0, 0.1) is 11.6 Å². The molecule has 0 saturated heterocycles. The number of aliphatic hydroxyl groups is 1. The van der Waals surface area contributed by atoms with E-state index in [4.69, 9.17) is 9.15 Å². The van der Waals surface area contributed by atoms with Crippen molar-refractivity contribution in [1.82, 2.24) is 20.2 Å². The molecule has 4 rings (SSSR count). The molecule has 8 nitrogen and oxygen atoms in total. The van der Waals surface area contributed by atoms with Crippen molar-refractivity contribution in [1.29, 1.82) is 0 Å². The molecule has 3 N–H and O–H groups in total. The minimum atomic E-state index is -0.886. The summed E-state index contributed by atoms with van der Waals surface area (Å²) in [6.45, 7) is 1.81. The van der Waals surface area contributed by atoms with Crippen molar-refractivity contribution in [2.45, 2.75) is 13.0 Å². The van der Waals surface area contributed by atoms with Gasteiger partial charge in [-0.05, 0) is 25.1 Å². The van der Waals surface area contributed by atoms with Crippen molar-refractivity contribution in [2.75, 3.05) is 11.9 Å². The molecule has 0 aliphatic heterocycles. The summed E-state index contributed by atoms with van der Waals surface area (Å²) >= 11 is 0. The van der Waals surface area contributed by atoms with Crippen molar-refractivity contribution in [3.63, 3.8) is 0 Å². The minimum absolute atomic E-state index is 0.184. The van der Waals surface area contributed by atoms with Crippen LogP contribution >= 0.6 is 0 Å². The highest BCUT2D eigenvalue weighted by Crippen LogP contribution is 2.33. The number of aliphatic hydroxyl groups excluding tert-OH is 1. The van der Waals surface area contributed by atoms with E-state index in [1.165, 1.54) is 12.5 Å². The number of benzene rings is 1. The Bertz CT molecular complexity index is 1110. The summed E-state index contributed by atoms with van der Waals surface area (Å²) in [5.41, 5.74) is 1.60. The highest BCUT2D eigenvalue weighted by atomic mass is 19.1. The van der Waals surface area contributed by atoms with Crippen molar-refractivity contribution in [3.8, 4) is 23.0 Å². The quantitative estimate of drug-likeness (QED) is 0.465. The third-order valence-corrected chi connectivity index (χ3v) is 3.86. The Morgan fingerprint density at radius 3 is 2.86 bits per heavy atom. The van der Waals surface area contributed by atoms with Crippen LogP contribution in [0.1, 0.15) is 6.92 Å². The summed E-state index contributed by atoms with van der Waals surface area (Å²) in [4.78, 5) is 8.45. The van der Waals surface area contributed by atoms with Gasteiger partial charge in [0.15, 0.2) is 17.2 Å². The number of nitrogens with one attached hydrogen (secondary N) is 2. The molecule has 1 aromatic carbocycles. The Morgan fingerprint density at radius 1 is 1.29 bits per heavy atom. The molecular formula is C18H15F2N5O3. The summed E-state index contributed by atoms with van der Waals surface area (Å²) in [6, 6.07) is 4.46. The van der Waals surface area contributed by atoms with Gasteiger partial charge in [-0.15, -0.1) is 0 Å². The number of ether oxygens (including phenoxy) is 1. The molecule has 0 bridgehead atoms. The number of hydrogen-bond acceptors (Lipinski definition) is 7. The Labute approximate surface area is 157 Å². The van der Waals surface area contributed by atoms with Gasteiger partial charge in [-0.3, -0.25) is 5.10 Å². The Morgan fingerprint density at radius 2 is 2.14 bits per heavy atom. The second-order valence-corrected chi connectivity index (χ2v) is 6.07. The maximum atomic E-state index is 13.9. The van der Waals surface area contributed by atoms with Crippen molar-refractivity contribution in [3.05, 3.63) is 48.4 Å². The zero-order valence-electron chi connectivity index (χ0n) is 14.6. The normalized spacial score (nSPS) is 12.3. The molecule has 3 aromatic heterocycles. The van der Waals surface area contributed by atoms with E-state index in [-0.39, 0.29) is 24.0 Å². The lowest BCUT2D eigenvalue weighted by molar-refractivity contribution is 0.208. The number of fused-ring (bicyclic) bond motifs is 1. The van der Waals surface area contributed by atoms with Crippen LogP contribution in [-0.4, -0.2) is 37.9 Å². The highest BCUT2D eigenvalue weighted by molar-refractivity contribution is 5.98. The lowest BCUT2D eigenvalue weighted by Gasteiger charge is -2.11. The molecule has 1 unspecified atom stereocenters. The van der Waals surface area contributed by atoms with E-state index in [0.717, 1.165) is 17.7 Å². The smallest absolute Gasteiger partial charge is 0.326 e. The summed E-state index contributed by atoms with van der Waals surface area (Å²) < 4.78 is 37.5. The van der Waals surface area contributed by atoms with Crippen LogP contribution in [0.15, 0.2) is 41.2 Å². The summed E-state index contributed by atoms with van der Waals surface area (Å²) in [7, 11) is 0. The number of rotatable bonds is 6. The Hall–Kier alpha value is -3.53. The largest absolute Gasteiger partial charge is 0.472 e. The van der Waals surface area contributed by atoms with Gasteiger partial charge < -0.3 is 19.6 Å². The topological polar surface area (TPSA) is 109 Å². The molecule has 0 radical (unpaired) electrons. The molecule has 28 heavy (non-hydrogen) atoms. The van der Waals surface area contributed by atoms with Gasteiger partial charge in [-0.2, -0.15) is 15.1 Å². The van der Waals surface area contributed by atoms with Crippen LogP contribution in [0.2, 0.25) is 0 Å². The second-order valence-electron chi connectivity index (χ2n) is 6.07. The fourth-order valence-electron chi connectivity index (χ4n) is 2.59. The molecule has 1 atom stereocenters. The van der Waals surface area contributed by atoms with E-state index in [0.29, 0.717) is 23.0 Å². The molecule has 0 fully saturated rings. The third-order valence-electron chi connectivity index (χ3n) is 3.86. The van der Waals surface area contributed by atoms with Gasteiger partial charge in [0, 0.05) is 18.2 Å². The van der Waals surface area contributed by atoms with E-state index in [1.54, 1.807) is 13.0 Å². The van der Waals surface area contributed by atoms with Crippen LogP contribution in [0.4, 0.5) is 14.6 Å². The van der Waals surface area contributed by atoms with Crippen molar-refractivity contribution in [2.24, 2.45) is 0 Å². The molecule has 0 aliphatic rings. The van der Waals surface area contributed by atoms with Crippen molar-refractivity contribution < 1.29 is 23.0 Å². The van der Waals surface area contributed by atoms with Crippen LogP contribution < -0.4 is 10.1 Å². The molecule has 0 saturated carbocycles. The summed E-state index contributed by atoms with van der Waals surface area (Å²) in [6.07, 6.45) is 2.40. The molecule has 0 amide bonds. The van der Waals surface area contributed by atoms with Crippen LogP contribution in [0.25, 0.3) is 22.3 Å². The molecule has 0 spiro atoms. The van der Waals surface area contributed by atoms with Gasteiger partial charge in [0.25, 0.3) is 0 Å². The molecule has 0 aliphatic carbocycles. The van der Waals surface area contributed by atoms with E-state index in [1.807, 2.05) is 0 Å². The zero-order valence-corrected chi connectivity index (χ0v) is 14.6. The average Bonchev–Trinajstić information content (AvgIpc) is 3.31. The SMILES string of the molecule is CC(O)CNc1nc(Oc2ccc(F)cc2F)nc2n[nH]c(-c3ccoc3)c12. The standard InChI is InChI=1S/C18H15F2N5O3/c1-9(26)7-21-16-14-15(10-4-5-27-8-10)24-25-17(14)23-18(22-16)28-13-3-2-11(19)6-12(13)20/h2-6,8-9,26H,7H2,1H3,(H2,21,22,23,24,25). The lowest BCUT2D eigenvalue weighted by atomic mass is 10.2. The lowest BCUT2D eigenvalue weighted by Crippen LogP contribution is -2.16. The van der Waals surface area contributed by atoms with E-state index < -0.39 is 17.7 Å². The van der Waals surface area contributed by atoms with Gasteiger partial charge in [0.05, 0.1) is 29.7 Å². The van der Waals surface area contributed by atoms with Crippen LogP contribution in [-0.2, 0) is 0 Å². The van der Waals surface area contributed by atoms with Gasteiger partial charge in [-0.25, -0.2) is 8.78 Å². The Balaban J connectivity index is 1.78. The van der Waals surface area contributed by atoms with E-state index in [9.17, 15) is 13.9 Å². The summed E-state index contributed by atoms with van der Waals surface area (Å²) in [5.74, 6) is -1.51. The zero-order chi connectivity index (χ0) is 19.7. The van der Waals surface area contributed by atoms with Crippen LogP contribution in [0.3, 0.4) is 0 Å². The molecule has 3 heterocycles. The number of nitrogens with zero attached hydrogens (tertiary/aromatic N) is 3. The fourth-order valence-corrected chi connectivity index (χ4v) is 2.59. The molecule has 4 aromatic rings. The summed E-state index contributed by atoms with van der Waals surface area (Å²) in [5, 5.41) is 20.2. The predicted octanol–water partition coefficient (Wildman–Crippen LogP) is 3.48. The first-order chi connectivity index (χ1) is 13.5. The second kappa shape index (κ2) is 7.24. The first-order valence-corrected chi connectivity index (χ1v) is 8.35. The van der Waals surface area contributed by atoms with Crippen LogP contribution in [0.5, 0.6) is 11.8 Å². The highest BCUT2D eigenvalue weighted by Gasteiger charge is 2.19. The monoisotopic (exact) mass is 387 g/mol. The molecular weight excluding hydrogens is 372 g/mol. The minimum Gasteiger partial charge on any atom is -0.472 e. The molecule has 10 heteroatoms. The fraction of sp³-hybridized carbons (Fsp3) is 0.167. The first-order valence-electron chi connectivity index (χ1n) is 8.35. The van der Waals surface area contributed by atoms with Gasteiger partial charge >= 0.3 is 6.01 Å². The number of halogens is 2. The average molecular weight is 387 g/mol. The number of aromatic amines is 1. The Kier molecular flexibility index (Phi) is 4.62. The van der Waals surface area contributed by atoms with Gasteiger partial charge in [-0.1, -0.05) is 0 Å². The number of hydrogen-bond donors (Lipinski definition) is 3. The number of anilines is 1.